The molecule has 4 rings (SSSR count). The van der Waals surface area contributed by atoms with Gasteiger partial charge in [0.25, 0.3) is 0 Å². The molecule has 0 atom stereocenters. The molecule has 0 aromatic heterocycles. The number of esters is 2. The van der Waals surface area contributed by atoms with Crippen LogP contribution in [0.4, 0.5) is 0 Å². The molecule has 96 valence electrons. The monoisotopic (exact) mass is 264 g/mol. The summed E-state index contributed by atoms with van der Waals surface area (Å²) in [4.78, 5) is 23.4. The lowest BCUT2D eigenvalue weighted by molar-refractivity contribution is 0.0444. The molecule has 0 fully saturated rings. The van der Waals surface area contributed by atoms with Gasteiger partial charge in [0.2, 0.25) is 0 Å². The number of ether oxygens (including phenoxy) is 1. The Bertz CT molecular complexity index is 925. The normalized spacial score (nSPS) is 13.8. The molecule has 1 heterocycles. The summed E-state index contributed by atoms with van der Waals surface area (Å²) in [5.41, 5.74) is 0.478. The number of phenols is 1. The van der Waals surface area contributed by atoms with Crippen LogP contribution in [0.1, 0.15) is 20.7 Å². The number of phenolic OH excluding ortho intramolecular Hbond substituents is 1. The first-order chi connectivity index (χ1) is 9.66. The van der Waals surface area contributed by atoms with E-state index in [0.29, 0.717) is 10.8 Å². The molecule has 0 aliphatic carbocycles. The molecule has 20 heavy (non-hydrogen) atoms. The molecule has 1 aliphatic rings. The van der Waals surface area contributed by atoms with Crippen LogP contribution in [0.3, 0.4) is 0 Å². The molecule has 0 spiro atoms. The number of aromatic hydroxyl groups is 1. The first kappa shape index (κ1) is 11.0. The quantitative estimate of drug-likeness (QED) is 0.385. The Morgan fingerprint density at radius 1 is 0.800 bits per heavy atom. The van der Waals surface area contributed by atoms with Gasteiger partial charge in [0.05, 0.1) is 11.1 Å². The number of fused-ring (bicyclic) bond motifs is 5. The number of hydrogen-bond donors (Lipinski definition) is 1. The van der Waals surface area contributed by atoms with E-state index in [0.717, 1.165) is 10.8 Å². The number of rotatable bonds is 0. The molecule has 0 radical (unpaired) electrons. The minimum atomic E-state index is -0.662. The van der Waals surface area contributed by atoms with E-state index in [4.69, 9.17) is 0 Å². The van der Waals surface area contributed by atoms with E-state index < -0.39 is 11.9 Å². The van der Waals surface area contributed by atoms with Crippen molar-refractivity contribution in [3.8, 4) is 5.75 Å². The van der Waals surface area contributed by atoms with Crippen LogP contribution in [0.15, 0.2) is 42.5 Å². The number of carbonyl (C=O) groups is 2. The summed E-state index contributed by atoms with van der Waals surface area (Å²) in [5.74, 6) is -1.22. The molecule has 1 aliphatic heterocycles. The fraction of sp³-hybridized carbons (Fsp3) is 0. The lowest BCUT2D eigenvalue weighted by Gasteiger charge is -2.08. The molecule has 3 aromatic carbocycles. The van der Waals surface area contributed by atoms with E-state index in [-0.39, 0.29) is 16.9 Å². The molecule has 0 amide bonds. The Morgan fingerprint density at radius 2 is 1.50 bits per heavy atom. The Balaban J connectivity index is 2.27. The fourth-order valence-corrected chi connectivity index (χ4v) is 2.74. The number of benzene rings is 3. The van der Waals surface area contributed by atoms with Crippen molar-refractivity contribution in [2.45, 2.75) is 0 Å². The van der Waals surface area contributed by atoms with Crippen molar-refractivity contribution in [1.82, 2.24) is 0 Å². The van der Waals surface area contributed by atoms with E-state index in [2.05, 4.69) is 4.74 Å². The van der Waals surface area contributed by atoms with Gasteiger partial charge in [0, 0.05) is 10.8 Å². The number of hydrogen-bond acceptors (Lipinski definition) is 4. The third kappa shape index (κ3) is 1.25. The van der Waals surface area contributed by atoms with Gasteiger partial charge in [-0.15, -0.1) is 0 Å². The second kappa shape index (κ2) is 3.57. The Hall–Kier alpha value is -2.88. The van der Waals surface area contributed by atoms with E-state index in [1.165, 1.54) is 6.07 Å². The molecule has 0 unspecified atom stereocenters. The van der Waals surface area contributed by atoms with Crippen molar-refractivity contribution in [3.63, 3.8) is 0 Å². The topological polar surface area (TPSA) is 63.6 Å². The molecular weight excluding hydrogens is 256 g/mol. The SMILES string of the molecule is O=C1OC(=O)c2c1ccc1c2cc(O)c2ccccc21. The maximum Gasteiger partial charge on any atom is 0.347 e. The van der Waals surface area contributed by atoms with Crippen LogP contribution in [0.25, 0.3) is 21.5 Å². The number of cyclic esters (lactones) is 2. The lowest BCUT2D eigenvalue weighted by atomic mass is 9.95. The smallest absolute Gasteiger partial charge is 0.347 e. The fourth-order valence-electron chi connectivity index (χ4n) is 2.74. The van der Waals surface area contributed by atoms with Gasteiger partial charge in [0.1, 0.15) is 5.75 Å². The average molecular weight is 264 g/mol. The Kier molecular flexibility index (Phi) is 1.96. The van der Waals surface area contributed by atoms with Gasteiger partial charge in [-0.2, -0.15) is 0 Å². The zero-order valence-electron chi connectivity index (χ0n) is 10.2. The third-order valence-electron chi connectivity index (χ3n) is 3.63. The van der Waals surface area contributed by atoms with Crippen LogP contribution in [-0.2, 0) is 4.74 Å². The van der Waals surface area contributed by atoms with Crippen molar-refractivity contribution < 1.29 is 19.4 Å². The maximum atomic E-state index is 11.8. The van der Waals surface area contributed by atoms with Crippen molar-refractivity contribution in [3.05, 3.63) is 53.6 Å². The first-order valence-corrected chi connectivity index (χ1v) is 6.11. The minimum Gasteiger partial charge on any atom is -0.507 e. The van der Waals surface area contributed by atoms with Crippen LogP contribution in [0.2, 0.25) is 0 Å². The van der Waals surface area contributed by atoms with Gasteiger partial charge in [-0.3, -0.25) is 0 Å². The third-order valence-corrected chi connectivity index (χ3v) is 3.63. The standard InChI is InChI=1S/C16H8O4/c17-13-7-12-9(8-3-1-2-4-10(8)13)5-6-11-14(12)16(19)20-15(11)18/h1-7,17H. The van der Waals surface area contributed by atoms with Gasteiger partial charge in [-0.25, -0.2) is 9.59 Å². The predicted molar refractivity (Wildman–Crippen MR) is 72.9 cm³/mol. The highest BCUT2D eigenvalue weighted by molar-refractivity contribution is 6.24. The molecule has 0 saturated heterocycles. The van der Waals surface area contributed by atoms with Crippen molar-refractivity contribution in [2.24, 2.45) is 0 Å². The van der Waals surface area contributed by atoms with E-state index >= 15 is 0 Å². The molecular formula is C16H8O4. The van der Waals surface area contributed by atoms with Gasteiger partial charge in [-0.1, -0.05) is 30.3 Å². The predicted octanol–water partition coefficient (Wildman–Crippen LogP) is 3.01. The zero-order chi connectivity index (χ0) is 13.9. The van der Waals surface area contributed by atoms with Crippen LogP contribution < -0.4 is 0 Å². The highest BCUT2D eigenvalue weighted by Gasteiger charge is 2.31. The van der Waals surface area contributed by atoms with E-state index in [1.807, 2.05) is 18.2 Å². The molecule has 0 bridgehead atoms. The van der Waals surface area contributed by atoms with Crippen LogP contribution >= 0.6 is 0 Å². The van der Waals surface area contributed by atoms with Gasteiger partial charge in [0.15, 0.2) is 0 Å². The summed E-state index contributed by atoms with van der Waals surface area (Å²) >= 11 is 0. The maximum absolute atomic E-state index is 11.8. The molecule has 1 N–H and O–H groups in total. The zero-order valence-corrected chi connectivity index (χ0v) is 10.2. The van der Waals surface area contributed by atoms with Gasteiger partial charge >= 0.3 is 11.9 Å². The molecule has 0 saturated carbocycles. The Morgan fingerprint density at radius 3 is 2.30 bits per heavy atom. The molecule has 3 aromatic rings. The van der Waals surface area contributed by atoms with E-state index in [9.17, 15) is 14.7 Å². The van der Waals surface area contributed by atoms with Gasteiger partial charge < -0.3 is 9.84 Å². The van der Waals surface area contributed by atoms with Crippen molar-refractivity contribution in [1.29, 1.82) is 0 Å². The summed E-state index contributed by atoms with van der Waals surface area (Å²) in [7, 11) is 0. The highest BCUT2D eigenvalue weighted by Crippen LogP contribution is 2.37. The van der Waals surface area contributed by atoms with Crippen molar-refractivity contribution >= 4 is 33.5 Å². The highest BCUT2D eigenvalue weighted by atomic mass is 16.6. The first-order valence-electron chi connectivity index (χ1n) is 6.11. The molecule has 4 nitrogen and oxygen atoms in total. The number of carbonyl (C=O) groups excluding carboxylic acids is 2. The summed E-state index contributed by atoms with van der Waals surface area (Å²) < 4.78 is 4.63. The average Bonchev–Trinajstić information content (AvgIpc) is 2.74. The summed E-state index contributed by atoms with van der Waals surface area (Å²) in [6.07, 6.45) is 0. The largest absolute Gasteiger partial charge is 0.507 e. The van der Waals surface area contributed by atoms with Crippen LogP contribution in [-0.4, -0.2) is 17.0 Å². The van der Waals surface area contributed by atoms with Crippen LogP contribution in [0.5, 0.6) is 5.75 Å². The van der Waals surface area contributed by atoms with Crippen LogP contribution in [0, 0.1) is 0 Å². The summed E-state index contributed by atoms with van der Waals surface area (Å²) in [6, 6.07) is 12.2. The van der Waals surface area contributed by atoms with Crippen molar-refractivity contribution in [2.75, 3.05) is 0 Å². The minimum absolute atomic E-state index is 0.0775. The molecule has 4 heteroatoms. The van der Waals surface area contributed by atoms with Gasteiger partial charge in [-0.05, 0) is 22.9 Å². The summed E-state index contributed by atoms with van der Waals surface area (Å²) in [5, 5.41) is 13.0. The van der Waals surface area contributed by atoms with E-state index in [1.54, 1.807) is 18.2 Å². The summed E-state index contributed by atoms with van der Waals surface area (Å²) in [6.45, 7) is 0. The lowest BCUT2D eigenvalue weighted by Crippen LogP contribution is -1.97. The second-order valence-electron chi connectivity index (χ2n) is 4.70. The second-order valence-corrected chi connectivity index (χ2v) is 4.70. The Labute approximate surface area is 113 Å².